The molecule has 3 aliphatic rings. The van der Waals surface area contributed by atoms with Crippen molar-refractivity contribution in [1.29, 1.82) is 0 Å². The summed E-state index contributed by atoms with van der Waals surface area (Å²) in [6.45, 7) is 1.88. The molecule has 1 aromatic rings. The molecule has 2 N–H and O–H groups in total. The van der Waals surface area contributed by atoms with E-state index in [9.17, 15) is 9.90 Å². The van der Waals surface area contributed by atoms with Crippen molar-refractivity contribution < 1.29 is 43.4 Å². The van der Waals surface area contributed by atoms with Crippen LogP contribution < -0.4 is 4.74 Å². The van der Waals surface area contributed by atoms with Gasteiger partial charge in [0.05, 0.1) is 24.9 Å². The van der Waals surface area contributed by atoms with Gasteiger partial charge >= 0.3 is 5.97 Å². The molecule has 0 bridgehead atoms. The number of aliphatic carboxylic acids is 1. The molecule has 1 saturated carbocycles. The van der Waals surface area contributed by atoms with E-state index in [-0.39, 0.29) is 43.7 Å². The van der Waals surface area contributed by atoms with Crippen molar-refractivity contribution in [2.24, 2.45) is 5.92 Å². The fraction of sp³-hybridized carbons (Fsp3) is 0.750. The second-order valence-corrected chi connectivity index (χ2v) is 10.2. The second-order valence-electron chi connectivity index (χ2n) is 10.2. The van der Waals surface area contributed by atoms with Gasteiger partial charge in [0.2, 0.25) is 0 Å². The lowest BCUT2D eigenvalue weighted by Gasteiger charge is -2.32. The van der Waals surface area contributed by atoms with E-state index in [2.05, 4.69) is 0 Å². The summed E-state index contributed by atoms with van der Waals surface area (Å²) in [5.74, 6) is -0.318. The minimum Gasteiger partial charge on any atom is -0.491 e. The number of benzene rings is 1. The van der Waals surface area contributed by atoms with Crippen molar-refractivity contribution in [3.63, 3.8) is 0 Å². The SMILES string of the molecule is O=C(O)CCCC1C(O)CC(OC2CCCCO2)C1OCC(COc1ccccc1)OC1CCCCO1. The molecule has 37 heavy (non-hydrogen) atoms. The van der Waals surface area contributed by atoms with E-state index in [4.69, 9.17) is 33.5 Å². The third-order valence-corrected chi connectivity index (χ3v) is 7.28. The summed E-state index contributed by atoms with van der Waals surface area (Å²) in [4.78, 5) is 11.1. The first-order valence-electron chi connectivity index (χ1n) is 13.8. The van der Waals surface area contributed by atoms with Crippen molar-refractivity contribution in [3.8, 4) is 5.75 Å². The van der Waals surface area contributed by atoms with Crippen LogP contribution in [-0.2, 0) is 28.5 Å². The summed E-state index contributed by atoms with van der Waals surface area (Å²) in [6.07, 6.45) is 4.93. The molecule has 9 heteroatoms. The van der Waals surface area contributed by atoms with Gasteiger partial charge in [0, 0.05) is 32.0 Å². The fourth-order valence-electron chi connectivity index (χ4n) is 5.35. The summed E-state index contributed by atoms with van der Waals surface area (Å²) >= 11 is 0. The third kappa shape index (κ3) is 9.19. The van der Waals surface area contributed by atoms with E-state index in [0.29, 0.717) is 39.1 Å². The zero-order chi connectivity index (χ0) is 25.9. The topological polar surface area (TPSA) is 113 Å². The summed E-state index contributed by atoms with van der Waals surface area (Å²) in [5, 5.41) is 20.0. The number of carboxylic acid groups (broad SMARTS) is 1. The van der Waals surface area contributed by atoms with Gasteiger partial charge in [-0.1, -0.05) is 18.2 Å². The van der Waals surface area contributed by atoms with Gasteiger partial charge in [0.25, 0.3) is 0 Å². The second kappa shape index (κ2) is 15.0. The minimum atomic E-state index is -0.840. The van der Waals surface area contributed by atoms with Crippen LogP contribution in [-0.4, -0.2) is 79.6 Å². The van der Waals surface area contributed by atoms with Gasteiger partial charge in [-0.3, -0.25) is 4.79 Å². The molecule has 0 amide bonds. The van der Waals surface area contributed by atoms with Crippen molar-refractivity contribution >= 4 is 5.97 Å². The van der Waals surface area contributed by atoms with Crippen LogP contribution in [0.4, 0.5) is 0 Å². The Morgan fingerprint density at radius 3 is 2.41 bits per heavy atom. The number of rotatable bonds is 14. The highest BCUT2D eigenvalue weighted by molar-refractivity contribution is 5.66. The third-order valence-electron chi connectivity index (χ3n) is 7.28. The molecule has 0 radical (unpaired) electrons. The molecule has 208 valence electrons. The number of aliphatic hydroxyl groups excluding tert-OH is 1. The maximum Gasteiger partial charge on any atom is 0.303 e. The van der Waals surface area contributed by atoms with Gasteiger partial charge in [-0.15, -0.1) is 0 Å². The molecule has 1 aromatic carbocycles. The molecular weight excluding hydrogens is 480 g/mol. The van der Waals surface area contributed by atoms with E-state index in [1.165, 1.54) is 0 Å². The van der Waals surface area contributed by atoms with Crippen molar-refractivity contribution in [3.05, 3.63) is 30.3 Å². The van der Waals surface area contributed by atoms with Crippen LogP contribution in [0.25, 0.3) is 0 Å². The molecule has 2 saturated heterocycles. The molecule has 2 aliphatic heterocycles. The monoisotopic (exact) mass is 522 g/mol. The Kier molecular flexibility index (Phi) is 11.5. The van der Waals surface area contributed by atoms with E-state index < -0.39 is 18.2 Å². The Labute approximate surface area is 219 Å². The number of ether oxygens (including phenoxy) is 6. The summed E-state index contributed by atoms with van der Waals surface area (Å²) in [7, 11) is 0. The normalized spacial score (nSPS) is 31.2. The average molecular weight is 523 g/mol. The highest BCUT2D eigenvalue weighted by Crippen LogP contribution is 2.36. The maximum atomic E-state index is 11.1. The highest BCUT2D eigenvalue weighted by atomic mass is 16.7. The lowest BCUT2D eigenvalue weighted by Crippen LogP contribution is -2.40. The first-order valence-corrected chi connectivity index (χ1v) is 13.8. The van der Waals surface area contributed by atoms with E-state index in [1.807, 2.05) is 30.3 Å². The quantitative estimate of drug-likeness (QED) is 0.375. The van der Waals surface area contributed by atoms with Crippen LogP contribution in [0.3, 0.4) is 0 Å². The predicted octanol–water partition coefficient (Wildman–Crippen LogP) is 3.91. The molecule has 3 fully saturated rings. The number of carbonyl (C=O) groups is 1. The van der Waals surface area contributed by atoms with Gasteiger partial charge in [-0.2, -0.15) is 0 Å². The number of hydrogen-bond donors (Lipinski definition) is 2. The number of aliphatic hydroxyl groups is 1. The van der Waals surface area contributed by atoms with Crippen LogP contribution in [0.2, 0.25) is 0 Å². The van der Waals surface area contributed by atoms with Crippen LogP contribution in [0.15, 0.2) is 30.3 Å². The number of para-hydroxylation sites is 1. The summed E-state index contributed by atoms with van der Waals surface area (Å²) in [5.41, 5.74) is 0. The largest absolute Gasteiger partial charge is 0.491 e. The Bertz CT molecular complexity index is 779. The maximum absolute atomic E-state index is 11.1. The Hall–Kier alpha value is -1.75. The van der Waals surface area contributed by atoms with Gasteiger partial charge < -0.3 is 38.6 Å². The van der Waals surface area contributed by atoms with Crippen LogP contribution in [0.1, 0.15) is 64.2 Å². The lowest BCUT2D eigenvalue weighted by molar-refractivity contribution is -0.226. The molecule has 1 aliphatic carbocycles. The Morgan fingerprint density at radius 1 is 1.00 bits per heavy atom. The Balaban J connectivity index is 1.40. The first kappa shape index (κ1) is 28.3. The van der Waals surface area contributed by atoms with Crippen molar-refractivity contribution in [2.75, 3.05) is 26.4 Å². The molecule has 2 heterocycles. The smallest absolute Gasteiger partial charge is 0.303 e. The standard InChI is InChI=1S/C28H42O9/c29-23-17-24(37-27-14-5-7-16-33-27)28(22(23)11-8-12-25(30)31)35-19-21(36-26-13-4-6-15-32-26)18-34-20-9-2-1-3-10-20/h1-3,9-10,21-24,26-29H,4-8,11-19H2,(H,30,31). The van der Waals surface area contributed by atoms with Gasteiger partial charge in [0.1, 0.15) is 18.5 Å². The van der Waals surface area contributed by atoms with Crippen molar-refractivity contribution in [2.45, 2.75) is 101 Å². The molecule has 7 atom stereocenters. The van der Waals surface area contributed by atoms with E-state index in [1.54, 1.807) is 0 Å². The Morgan fingerprint density at radius 2 is 1.73 bits per heavy atom. The van der Waals surface area contributed by atoms with Gasteiger partial charge in [-0.25, -0.2) is 0 Å². The van der Waals surface area contributed by atoms with Crippen molar-refractivity contribution in [1.82, 2.24) is 0 Å². The molecule has 0 aromatic heterocycles. The molecule has 7 unspecified atom stereocenters. The highest BCUT2D eigenvalue weighted by Gasteiger charge is 2.45. The molecule has 9 nitrogen and oxygen atoms in total. The zero-order valence-corrected chi connectivity index (χ0v) is 21.6. The van der Waals surface area contributed by atoms with Gasteiger partial charge in [0.15, 0.2) is 12.6 Å². The fourth-order valence-corrected chi connectivity index (χ4v) is 5.35. The predicted molar refractivity (Wildman–Crippen MR) is 134 cm³/mol. The van der Waals surface area contributed by atoms with Crippen LogP contribution >= 0.6 is 0 Å². The lowest BCUT2D eigenvalue weighted by atomic mass is 9.96. The zero-order valence-electron chi connectivity index (χ0n) is 21.6. The average Bonchev–Trinajstić information content (AvgIpc) is 3.20. The molecule has 0 spiro atoms. The van der Waals surface area contributed by atoms with E-state index >= 15 is 0 Å². The molecular formula is C28H42O9. The summed E-state index contributed by atoms with van der Waals surface area (Å²) in [6, 6.07) is 9.57. The first-order chi connectivity index (χ1) is 18.1. The summed E-state index contributed by atoms with van der Waals surface area (Å²) < 4.78 is 36.6. The number of carboxylic acids is 1. The minimum absolute atomic E-state index is 0.0584. The van der Waals surface area contributed by atoms with Crippen LogP contribution in [0, 0.1) is 5.92 Å². The molecule has 4 rings (SSSR count). The van der Waals surface area contributed by atoms with Crippen LogP contribution in [0.5, 0.6) is 5.75 Å². The van der Waals surface area contributed by atoms with E-state index in [0.717, 1.165) is 44.3 Å². The van der Waals surface area contributed by atoms with Gasteiger partial charge in [-0.05, 0) is 63.5 Å². The number of hydrogen-bond acceptors (Lipinski definition) is 8.